The van der Waals surface area contributed by atoms with Gasteiger partial charge in [0.1, 0.15) is 5.54 Å². The van der Waals surface area contributed by atoms with Crippen LogP contribution in [0.3, 0.4) is 0 Å². The van der Waals surface area contributed by atoms with E-state index in [2.05, 4.69) is 41.5 Å². The molecule has 0 saturated heterocycles. The van der Waals surface area contributed by atoms with E-state index in [1.165, 1.54) is 0 Å². The van der Waals surface area contributed by atoms with Crippen LogP contribution >= 0.6 is 0 Å². The predicted molar refractivity (Wildman–Crippen MR) is 113 cm³/mol. The Kier molecular flexibility index (Phi) is 5.25. The van der Waals surface area contributed by atoms with E-state index < -0.39 is 5.54 Å². The lowest BCUT2D eigenvalue weighted by Gasteiger charge is -2.36. The summed E-state index contributed by atoms with van der Waals surface area (Å²) in [7, 11) is 0. The van der Waals surface area contributed by atoms with E-state index in [0.29, 0.717) is 12.2 Å². The molecule has 4 aromatic rings. The van der Waals surface area contributed by atoms with Gasteiger partial charge in [0.25, 0.3) is 0 Å². The van der Waals surface area contributed by atoms with Gasteiger partial charge in [-0.3, -0.25) is 4.68 Å². The molecule has 4 nitrogen and oxygen atoms in total. The van der Waals surface area contributed by atoms with Crippen molar-refractivity contribution in [2.24, 2.45) is 0 Å². The van der Waals surface area contributed by atoms with Gasteiger partial charge in [-0.1, -0.05) is 91.0 Å². The minimum atomic E-state index is -0.728. The van der Waals surface area contributed by atoms with Crippen molar-refractivity contribution >= 4 is 5.97 Å². The average Bonchev–Trinajstić information content (AvgIpc) is 3.27. The zero-order valence-corrected chi connectivity index (χ0v) is 16.2. The van der Waals surface area contributed by atoms with Gasteiger partial charge >= 0.3 is 5.97 Å². The number of rotatable bonds is 6. The van der Waals surface area contributed by atoms with Gasteiger partial charge in [-0.15, -0.1) is 0 Å². The lowest BCUT2D eigenvalue weighted by molar-refractivity contribution is 0.0526. The zero-order valence-electron chi connectivity index (χ0n) is 16.2. The van der Waals surface area contributed by atoms with Crippen LogP contribution in [0.4, 0.5) is 0 Å². The van der Waals surface area contributed by atoms with E-state index in [4.69, 9.17) is 4.74 Å². The maximum absolute atomic E-state index is 12.3. The van der Waals surface area contributed by atoms with Gasteiger partial charge < -0.3 is 4.74 Å². The van der Waals surface area contributed by atoms with Gasteiger partial charge in [0.15, 0.2) is 0 Å². The van der Waals surface area contributed by atoms with E-state index in [-0.39, 0.29) is 5.97 Å². The SMILES string of the molecule is CCOC(=O)c1cnn(C(c2ccccc2)(c2ccccc2)c2ccccc2)c1. The van der Waals surface area contributed by atoms with Gasteiger partial charge in [0, 0.05) is 6.20 Å². The highest BCUT2D eigenvalue weighted by Gasteiger charge is 2.39. The first-order chi connectivity index (χ1) is 14.3. The maximum atomic E-state index is 12.3. The van der Waals surface area contributed by atoms with Crippen molar-refractivity contribution < 1.29 is 9.53 Å². The summed E-state index contributed by atoms with van der Waals surface area (Å²) in [5, 5.41) is 4.64. The van der Waals surface area contributed by atoms with Crippen LogP contribution in [0.5, 0.6) is 0 Å². The van der Waals surface area contributed by atoms with Gasteiger partial charge in [-0.05, 0) is 23.6 Å². The summed E-state index contributed by atoms with van der Waals surface area (Å²) in [6.07, 6.45) is 3.34. The molecule has 0 aliphatic rings. The Labute approximate surface area is 170 Å². The zero-order chi connectivity index (χ0) is 20.1. The summed E-state index contributed by atoms with van der Waals surface area (Å²) in [4.78, 5) is 12.3. The smallest absolute Gasteiger partial charge is 0.341 e. The van der Waals surface area contributed by atoms with E-state index in [0.717, 1.165) is 16.7 Å². The first-order valence-corrected chi connectivity index (χ1v) is 9.65. The van der Waals surface area contributed by atoms with Crippen molar-refractivity contribution in [3.05, 3.63) is 126 Å². The van der Waals surface area contributed by atoms with Crippen LogP contribution in [0.15, 0.2) is 103 Å². The summed E-state index contributed by atoms with van der Waals surface area (Å²) in [6, 6.07) is 30.6. The Morgan fingerprint density at radius 3 is 1.69 bits per heavy atom. The van der Waals surface area contributed by atoms with E-state index in [9.17, 15) is 4.79 Å². The number of benzene rings is 3. The highest BCUT2D eigenvalue weighted by atomic mass is 16.5. The predicted octanol–water partition coefficient (Wildman–Crippen LogP) is 4.90. The number of hydrogen-bond donors (Lipinski definition) is 0. The molecule has 0 amide bonds. The Bertz CT molecular complexity index is 977. The summed E-state index contributed by atoms with van der Waals surface area (Å²) in [6.45, 7) is 2.12. The number of aromatic nitrogens is 2. The summed E-state index contributed by atoms with van der Waals surface area (Å²) >= 11 is 0. The molecule has 144 valence electrons. The second-order valence-corrected chi connectivity index (χ2v) is 6.70. The second kappa shape index (κ2) is 8.15. The van der Waals surface area contributed by atoms with Gasteiger partial charge in [-0.25, -0.2) is 4.79 Å². The summed E-state index contributed by atoms with van der Waals surface area (Å²) < 4.78 is 7.04. The lowest BCUT2D eigenvalue weighted by atomic mass is 9.77. The van der Waals surface area contributed by atoms with Crippen LogP contribution in [-0.4, -0.2) is 22.4 Å². The van der Waals surface area contributed by atoms with E-state index >= 15 is 0 Å². The second-order valence-electron chi connectivity index (χ2n) is 6.70. The number of esters is 1. The Morgan fingerprint density at radius 2 is 1.28 bits per heavy atom. The quantitative estimate of drug-likeness (QED) is 0.352. The fourth-order valence-electron chi connectivity index (χ4n) is 3.76. The summed E-state index contributed by atoms with van der Waals surface area (Å²) in [5.41, 5.74) is 2.86. The minimum Gasteiger partial charge on any atom is -0.462 e. The largest absolute Gasteiger partial charge is 0.462 e. The van der Waals surface area contributed by atoms with Crippen LogP contribution in [0, 0.1) is 0 Å². The van der Waals surface area contributed by atoms with Crippen molar-refractivity contribution in [2.45, 2.75) is 12.5 Å². The van der Waals surface area contributed by atoms with Crippen molar-refractivity contribution in [3.63, 3.8) is 0 Å². The van der Waals surface area contributed by atoms with Crippen LogP contribution in [-0.2, 0) is 10.3 Å². The molecule has 3 aromatic carbocycles. The molecule has 0 bridgehead atoms. The van der Waals surface area contributed by atoms with Crippen molar-refractivity contribution in [3.8, 4) is 0 Å². The number of hydrogen-bond acceptors (Lipinski definition) is 3. The molecular formula is C25H22N2O2. The molecule has 0 aliphatic carbocycles. The molecule has 0 N–H and O–H groups in total. The Balaban J connectivity index is 2.03. The molecule has 0 aliphatic heterocycles. The standard InChI is InChI=1S/C25H22N2O2/c1-2-29-24(28)20-18-26-27(19-20)25(21-12-6-3-7-13-21,22-14-8-4-9-15-22)23-16-10-5-11-17-23/h3-19H,2H2,1H3. The topological polar surface area (TPSA) is 44.1 Å². The third-order valence-corrected chi connectivity index (χ3v) is 5.01. The third kappa shape index (κ3) is 3.34. The fraction of sp³-hybridized carbons (Fsp3) is 0.120. The Hall–Kier alpha value is -3.66. The van der Waals surface area contributed by atoms with E-state index in [1.807, 2.05) is 59.3 Å². The van der Waals surface area contributed by atoms with Crippen LogP contribution in [0.25, 0.3) is 0 Å². The minimum absolute atomic E-state index is 0.325. The first-order valence-electron chi connectivity index (χ1n) is 9.65. The lowest BCUT2D eigenvalue weighted by Crippen LogP contribution is -2.38. The molecule has 0 unspecified atom stereocenters. The molecule has 0 saturated carbocycles. The van der Waals surface area contributed by atoms with Crippen LogP contribution in [0.2, 0.25) is 0 Å². The average molecular weight is 382 g/mol. The Morgan fingerprint density at radius 1 is 0.828 bits per heavy atom. The summed E-state index contributed by atoms with van der Waals surface area (Å²) in [5.74, 6) is -0.373. The molecule has 0 fully saturated rings. The van der Waals surface area contributed by atoms with Crippen molar-refractivity contribution in [1.29, 1.82) is 0 Å². The number of nitrogens with zero attached hydrogens (tertiary/aromatic N) is 2. The van der Waals surface area contributed by atoms with Gasteiger partial charge in [-0.2, -0.15) is 5.10 Å². The molecule has 29 heavy (non-hydrogen) atoms. The van der Waals surface area contributed by atoms with Crippen molar-refractivity contribution in [2.75, 3.05) is 6.61 Å². The number of ether oxygens (including phenoxy) is 1. The highest BCUT2D eigenvalue weighted by molar-refractivity contribution is 5.88. The molecule has 0 radical (unpaired) electrons. The molecule has 4 heteroatoms. The molecule has 4 rings (SSSR count). The molecule has 0 atom stereocenters. The van der Waals surface area contributed by atoms with Gasteiger partial charge in [0.05, 0.1) is 18.4 Å². The van der Waals surface area contributed by atoms with Gasteiger partial charge in [0.2, 0.25) is 0 Å². The third-order valence-electron chi connectivity index (χ3n) is 5.01. The normalized spacial score (nSPS) is 11.2. The first kappa shape index (κ1) is 18.7. The van der Waals surface area contributed by atoms with Crippen molar-refractivity contribution in [1.82, 2.24) is 9.78 Å². The van der Waals surface area contributed by atoms with Crippen LogP contribution in [0.1, 0.15) is 34.0 Å². The maximum Gasteiger partial charge on any atom is 0.341 e. The molecule has 0 spiro atoms. The molecular weight excluding hydrogens is 360 g/mol. The van der Waals surface area contributed by atoms with E-state index in [1.54, 1.807) is 19.3 Å². The molecule has 1 aromatic heterocycles. The number of carbonyl (C=O) groups excluding carboxylic acids is 1. The fourth-order valence-corrected chi connectivity index (χ4v) is 3.76. The highest BCUT2D eigenvalue weighted by Crippen LogP contribution is 2.40. The monoisotopic (exact) mass is 382 g/mol. The van der Waals surface area contributed by atoms with Crippen LogP contribution < -0.4 is 0 Å². The molecule has 1 heterocycles. The number of carbonyl (C=O) groups is 1.